The van der Waals surface area contributed by atoms with Crippen molar-refractivity contribution in [1.82, 2.24) is 14.9 Å². The van der Waals surface area contributed by atoms with E-state index in [2.05, 4.69) is 20.9 Å². The molecule has 3 N–H and O–H groups in total. The van der Waals surface area contributed by atoms with Crippen LogP contribution in [0.1, 0.15) is 38.9 Å². The Bertz CT molecular complexity index is 645. The first-order chi connectivity index (χ1) is 10.5. The van der Waals surface area contributed by atoms with E-state index in [-0.39, 0.29) is 5.91 Å². The number of amides is 1. The molecule has 0 bridgehead atoms. The molecule has 0 spiro atoms. The van der Waals surface area contributed by atoms with Crippen LogP contribution in [0.5, 0.6) is 0 Å². The van der Waals surface area contributed by atoms with Gasteiger partial charge in [0.05, 0.1) is 16.6 Å². The molecule has 1 aromatic heterocycles. The Hall–Kier alpha value is -1.88. The number of aryl methyl sites for hydroxylation is 2. The molecule has 0 aliphatic rings. The topological polar surface area (TPSA) is 72.9 Å². The Morgan fingerprint density at radius 2 is 2.14 bits per heavy atom. The first-order valence-electron chi connectivity index (χ1n) is 7.93. The highest BCUT2D eigenvalue weighted by Gasteiger charge is 2.26. The Morgan fingerprint density at radius 1 is 1.41 bits per heavy atom. The summed E-state index contributed by atoms with van der Waals surface area (Å²) in [7, 11) is 2.03. The fourth-order valence-corrected chi connectivity index (χ4v) is 2.70. The van der Waals surface area contributed by atoms with Crippen LogP contribution in [0.15, 0.2) is 24.3 Å². The van der Waals surface area contributed by atoms with Crippen LogP contribution >= 0.6 is 0 Å². The van der Waals surface area contributed by atoms with E-state index in [9.17, 15) is 4.79 Å². The van der Waals surface area contributed by atoms with Crippen molar-refractivity contribution in [2.24, 2.45) is 12.8 Å². The summed E-state index contributed by atoms with van der Waals surface area (Å²) >= 11 is 0. The molecule has 1 unspecified atom stereocenters. The van der Waals surface area contributed by atoms with E-state index in [4.69, 9.17) is 5.73 Å². The molecule has 0 fully saturated rings. The van der Waals surface area contributed by atoms with Crippen LogP contribution in [0, 0.1) is 0 Å². The van der Waals surface area contributed by atoms with Crippen molar-refractivity contribution in [3.63, 3.8) is 0 Å². The number of carbonyl (C=O) groups excluding carboxylic acids is 1. The SMILES string of the molecule is CCCC(C)(N)C(=O)NCCCc1nc2ccccc2n1C. The number of fused-ring (bicyclic) bond motifs is 1. The third-order valence-corrected chi connectivity index (χ3v) is 4.03. The maximum atomic E-state index is 12.0. The van der Waals surface area contributed by atoms with Crippen molar-refractivity contribution < 1.29 is 4.79 Å². The van der Waals surface area contributed by atoms with Gasteiger partial charge in [-0.15, -0.1) is 0 Å². The van der Waals surface area contributed by atoms with Crippen molar-refractivity contribution in [3.05, 3.63) is 30.1 Å². The molecule has 0 saturated heterocycles. The van der Waals surface area contributed by atoms with Gasteiger partial charge in [-0.05, 0) is 31.9 Å². The van der Waals surface area contributed by atoms with Gasteiger partial charge in [-0.25, -0.2) is 4.98 Å². The van der Waals surface area contributed by atoms with Gasteiger partial charge in [0.25, 0.3) is 0 Å². The summed E-state index contributed by atoms with van der Waals surface area (Å²) in [5.41, 5.74) is 7.39. The van der Waals surface area contributed by atoms with Crippen LogP contribution in [0.25, 0.3) is 11.0 Å². The molecular formula is C17H26N4O. The van der Waals surface area contributed by atoms with E-state index >= 15 is 0 Å². The lowest BCUT2D eigenvalue weighted by Gasteiger charge is -2.22. The number of carbonyl (C=O) groups is 1. The summed E-state index contributed by atoms with van der Waals surface area (Å²) in [6.07, 6.45) is 3.29. The number of nitrogens with one attached hydrogen (secondary N) is 1. The normalized spacial score (nSPS) is 14.0. The minimum atomic E-state index is -0.771. The van der Waals surface area contributed by atoms with Crippen LogP contribution in [0.3, 0.4) is 0 Å². The quantitative estimate of drug-likeness (QED) is 0.770. The average Bonchev–Trinajstić information content (AvgIpc) is 2.80. The van der Waals surface area contributed by atoms with E-state index in [1.54, 1.807) is 6.92 Å². The molecule has 0 saturated carbocycles. The molecule has 1 atom stereocenters. The summed E-state index contributed by atoms with van der Waals surface area (Å²) in [6, 6.07) is 8.10. The van der Waals surface area contributed by atoms with Gasteiger partial charge >= 0.3 is 0 Å². The van der Waals surface area contributed by atoms with Gasteiger partial charge in [0.15, 0.2) is 0 Å². The van der Waals surface area contributed by atoms with Crippen LogP contribution in [-0.2, 0) is 18.3 Å². The highest BCUT2D eigenvalue weighted by atomic mass is 16.2. The number of para-hydroxylation sites is 2. The van der Waals surface area contributed by atoms with Crippen molar-refractivity contribution in [1.29, 1.82) is 0 Å². The predicted octanol–water partition coefficient (Wildman–Crippen LogP) is 2.14. The van der Waals surface area contributed by atoms with Gasteiger partial charge in [-0.3, -0.25) is 4.79 Å². The lowest BCUT2D eigenvalue weighted by Crippen LogP contribution is -2.51. The highest BCUT2D eigenvalue weighted by molar-refractivity contribution is 5.85. The Morgan fingerprint density at radius 3 is 2.82 bits per heavy atom. The first kappa shape index (κ1) is 16.5. The Balaban J connectivity index is 1.86. The third-order valence-electron chi connectivity index (χ3n) is 4.03. The maximum Gasteiger partial charge on any atom is 0.239 e. The molecule has 1 aromatic carbocycles. The number of imidazole rings is 1. The fraction of sp³-hybridized carbons (Fsp3) is 0.529. The third kappa shape index (κ3) is 3.65. The van der Waals surface area contributed by atoms with E-state index in [1.807, 2.05) is 32.2 Å². The number of nitrogens with two attached hydrogens (primary N) is 1. The van der Waals surface area contributed by atoms with Gasteiger partial charge in [0.2, 0.25) is 5.91 Å². The molecule has 5 heteroatoms. The molecule has 0 radical (unpaired) electrons. The minimum absolute atomic E-state index is 0.0700. The summed E-state index contributed by atoms with van der Waals surface area (Å²) in [6.45, 7) is 4.44. The summed E-state index contributed by atoms with van der Waals surface area (Å²) in [5, 5.41) is 2.93. The zero-order valence-corrected chi connectivity index (χ0v) is 13.7. The molecule has 120 valence electrons. The summed E-state index contributed by atoms with van der Waals surface area (Å²) < 4.78 is 2.11. The largest absolute Gasteiger partial charge is 0.355 e. The van der Waals surface area contributed by atoms with Crippen molar-refractivity contribution in [2.45, 2.75) is 45.1 Å². The maximum absolute atomic E-state index is 12.0. The number of hydrogen-bond donors (Lipinski definition) is 2. The van der Waals surface area contributed by atoms with Crippen molar-refractivity contribution in [2.75, 3.05) is 6.54 Å². The molecule has 22 heavy (non-hydrogen) atoms. The molecule has 0 aliphatic carbocycles. The molecule has 0 aliphatic heterocycles. The monoisotopic (exact) mass is 302 g/mol. The lowest BCUT2D eigenvalue weighted by atomic mass is 9.96. The molecule has 2 rings (SSSR count). The number of rotatable bonds is 7. The van der Waals surface area contributed by atoms with E-state index in [0.717, 1.165) is 36.1 Å². The zero-order valence-electron chi connectivity index (χ0n) is 13.7. The number of nitrogens with zero attached hydrogens (tertiary/aromatic N) is 2. The second-order valence-corrected chi connectivity index (χ2v) is 6.10. The molecule has 1 heterocycles. The van der Waals surface area contributed by atoms with Crippen LogP contribution < -0.4 is 11.1 Å². The zero-order chi connectivity index (χ0) is 16.2. The predicted molar refractivity (Wildman–Crippen MR) is 89.5 cm³/mol. The van der Waals surface area contributed by atoms with E-state index in [0.29, 0.717) is 13.0 Å². The average molecular weight is 302 g/mol. The van der Waals surface area contributed by atoms with Gasteiger partial charge < -0.3 is 15.6 Å². The fourth-order valence-electron chi connectivity index (χ4n) is 2.70. The van der Waals surface area contributed by atoms with Gasteiger partial charge in [-0.1, -0.05) is 25.5 Å². The van der Waals surface area contributed by atoms with E-state index in [1.165, 1.54) is 0 Å². The lowest BCUT2D eigenvalue weighted by molar-refractivity contribution is -0.126. The summed E-state index contributed by atoms with van der Waals surface area (Å²) in [4.78, 5) is 16.6. The van der Waals surface area contributed by atoms with Gasteiger partial charge in [-0.2, -0.15) is 0 Å². The van der Waals surface area contributed by atoms with Crippen LogP contribution in [0.4, 0.5) is 0 Å². The highest BCUT2D eigenvalue weighted by Crippen LogP contribution is 2.15. The van der Waals surface area contributed by atoms with Crippen LogP contribution in [0.2, 0.25) is 0 Å². The first-order valence-corrected chi connectivity index (χ1v) is 7.93. The number of hydrogen-bond acceptors (Lipinski definition) is 3. The van der Waals surface area contributed by atoms with Crippen LogP contribution in [-0.4, -0.2) is 27.5 Å². The summed E-state index contributed by atoms with van der Waals surface area (Å²) in [5.74, 6) is 0.971. The van der Waals surface area contributed by atoms with E-state index < -0.39 is 5.54 Å². The molecule has 2 aromatic rings. The Labute approximate surface area is 131 Å². The second-order valence-electron chi connectivity index (χ2n) is 6.10. The van der Waals surface area contributed by atoms with Gasteiger partial charge in [0.1, 0.15) is 5.82 Å². The van der Waals surface area contributed by atoms with Crippen molar-refractivity contribution in [3.8, 4) is 0 Å². The molecule has 5 nitrogen and oxygen atoms in total. The smallest absolute Gasteiger partial charge is 0.239 e. The standard InChI is InChI=1S/C17H26N4O/c1-4-11-17(2,18)16(22)19-12-7-10-15-20-13-8-5-6-9-14(13)21(15)3/h5-6,8-9H,4,7,10-12,18H2,1-3H3,(H,19,22). The second kappa shape index (κ2) is 6.92. The number of benzene rings is 1. The Kier molecular flexibility index (Phi) is 5.19. The molecular weight excluding hydrogens is 276 g/mol. The van der Waals surface area contributed by atoms with Crippen molar-refractivity contribution >= 4 is 16.9 Å². The minimum Gasteiger partial charge on any atom is -0.355 e. The molecule has 1 amide bonds. The number of aromatic nitrogens is 2. The van der Waals surface area contributed by atoms with Gasteiger partial charge in [0, 0.05) is 20.0 Å².